The van der Waals surface area contributed by atoms with Crippen LogP contribution in [0.25, 0.3) is 0 Å². The maximum Gasteiger partial charge on any atom is 0.331 e. The molecule has 1 aliphatic rings. The molecular weight excluding hydrogens is 340 g/mol. The van der Waals surface area contributed by atoms with Crippen molar-refractivity contribution in [2.45, 2.75) is 20.8 Å². The Morgan fingerprint density at radius 3 is 2.56 bits per heavy atom. The minimum atomic E-state index is -0.398. The number of ether oxygens (including phenoxy) is 1. The van der Waals surface area contributed by atoms with Gasteiger partial charge in [-0.1, -0.05) is 29.3 Å². The van der Waals surface area contributed by atoms with Gasteiger partial charge in [-0.3, -0.25) is 4.79 Å². The second kappa shape index (κ2) is 6.76. The first-order valence-corrected chi connectivity index (χ1v) is 8.34. The molecule has 2 aromatic rings. The van der Waals surface area contributed by atoms with E-state index in [-0.39, 0.29) is 19.0 Å². The summed E-state index contributed by atoms with van der Waals surface area (Å²) in [4.78, 5) is 26.0. The van der Waals surface area contributed by atoms with Crippen LogP contribution in [0.4, 0.5) is 11.4 Å². The lowest BCUT2D eigenvalue weighted by atomic mass is 10.1. The van der Waals surface area contributed by atoms with Gasteiger partial charge in [-0.05, 0) is 50.1 Å². The molecule has 1 aliphatic heterocycles. The summed E-state index contributed by atoms with van der Waals surface area (Å²) in [6.45, 7) is 5.99. The Bertz CT molecular complexity index is 841. The van der Waals surface area contributed by atoms with E-state index >= 15 is 0 Å². The molecule has 1 amide bonds. The standard InChI is InChI=1S/C19H19ClN2O3/c1-11-6-12(2)19(13(3)7-11)21-17(23)9-22-10-18(24)25-16-5-4-14(20)8-15(16)22/h4-8H,9-10H2,1-3H3,(H,21,23). The van der Waals surface area contributed by atoms with Crippen molar-refractivity contribution >= 4 is 34.9 Å². The zero-order valence-electron chi connectivity index (χ0n) is 14.4. The molecule has 0 radical (unpaired) electrons. The summed E-state index contributed by atoms with van der Waals surface area (Å²) < 4.78 is 5.20. The third-order valence-electron chi connectivity index (χ3n) is 4.08. The van der Waals surface area contributed by atoms with Crippen LogP contribution < -0.4 is 15.0 Å². The Hall–Kier alpha value is -2.53. The van der Waals surface area contributed by atoms with Crippen molar-refractivity contribution in [1.82, 2.24) is 0 Å². The normalized spacial score (nSPS) is 13.3. The van der Waals surface area contributed by atoms with Gasteiger partial charge >= 0.3 is 5.97 Å². The molecular formula is C19H19ClN2O3. The van der Waals surface area contributed by atoms with Crippen LogP contribution in [0, 0.1) is 20.8 Å². The lowest BCUT2D eigenvalue weighted by Gasteiger charge is -2.29. The number of carbonyl (C=O) groups excluding carboxylic acids is 2. The summed E-state index contributed by atoms with van der Waals surface area (Å²) in [5.41, 5.74) is 4.61. The third kappa shape index (κ3) is 3.77. The predicted molar refractivity (Wildman–Crippen MR) is 98.6 cm³/mol. The van der Waals surface area contributed by atoms with Gasteiger partial charge in [0, 0.05) is 10.7 Å². The number of anilines is 2. The molecule has 1 heterocycles. The fourth-order valence-electron chi connectivity index (χ4n) is 3.09. The smallest absolute Gasteiger partial charge is 0.331 e. The highest BCUT2D eigenvalue weighted by atomic mass is 35.5. The maximum atomic E-state index is 12.5. The van der Waals surface area contributed by atoms with Crippen molar-refractivity contribution in [3.8, 4) is 5.75 Å². The molecule has 6 heteroatoms. The quantitative estimate of drug-likeness (QED) is 0.672. The molecule has 0 aromatic heterocycles. The number of halogens is 1. The molecule has 0 saturated heterocycles. The first-order valence-electron chi connectivity index (χ1n) is 7.96. The molecule has 2 aromatic carbocycles. The first kappa shape index (κ1) is 17.3. The van der Waals surface area contributed by atoms with Gasteiger partial charge in [0.2, 0.25) is 5.91 Å². The lowest BCUT2D eigenvalue weighted by Crippen LogP contribution is -2.41. The largest absolute Gasteiger partial charge is 0.423 e. The maximum absolute atomic E-state index is 12.5. The fourth-order valence-corrected chi connectivity index (χ4v) is 3.26. The van der Waals surface area contributed by atoms with E-state index < -0.39 is 5.97 Å². The Labute approximate surface area is 151 Å². The Morgan fingerprint density at radius 2 is 1.88 bits per heavy atom. The minimum absolute atomic E-state index is 0.00657. The van der Waals surface area contributed by atoms with E-state index in [0.717, 1.165) is 22.4 Å². The molecule has 25 heavy (non-hydrogen) atoms. The van der Waals surface area contributed by atoms with E-state index in [1.54, 1.807) is 23.1 Å². The van der Waals surface area contributed by atoms with Crippen LogP contribution in [0.3, 0.4) is 0 Å². The highest BCUT2D eigenvalue weighted by Gasteiger charge is 2.26. The van der Waals surface area contributed by atoms with Crippen LogP contribution in [-0.2, 0) is 9.59 Å². The van der Waals surface area contributed by atoms with E-state index in [2.05, 4.69) is 5.32 Å². The number of carbonyl (C=O) groups is 2. The first-order chi connectivity index (χ1) is 11.8. The van der Waals surface area contributed by atoms with Gasteiger partial charge in [0.05, 0.1) is 12.2 Å². The molecule has 1 N–H and O–H groups in total. The van der Waals surface area contributed by atoms with Gasteiger partial charge in [0.15, 0.2) is 5.75 Å². The zero-order valence-corrected chi connectivity index (χ0v) is 15.1. The Morgan fingerprint density at radius 1 is 1.20 bits per heavy atom. The fraction of sp³-hybridized carbons (Fsp3) is 0.263. The number of benzene rings is 2. The molecule has 5 nitrogen and oxygen atoms in total. The molecule has 0 bridgehead atoms. The van der Waals surface area contributed by atoms with Crippen LogP contribution in [0.5, 0.6) is 5.75 Å². The van der Waals surface area contributed by atoms with E-state index in [4.69, 9.17) is 16.3 Å². The van der Waals surface area contributed by atoms with E-state index in [1.165, 1.54) is 0 Å². The number of fused-ring (bicyclic) bond motifs is 1. The lowest BCUT2D eigenvalue weighted by molar-refractivity contribution is -0.133. The summed E-state index contributed by atoms with van der Waals surface area (Å²) in [6, 6.07) is 9.02. The van der Waals surface area contributed by atoms with Gasteiger partial charge in [0.25, 0.3) is 0 Å². The van der Waals surface area contributed by atoms with Gasteiger partial charge in [-0.2, -0.15) is 0 Å². The number of esters is 1. The average Bonchev–Trinajstić information content (AvgIpc) is 2.51. The van der Waals surface area contributed by atoms with Gasteiger partial charge in [0.1, 0.15) is 6.54 Å². The summed E-state index contributed by atoms with van der Waals surface area (Å²) in [5.74, 6) is -0.183. The zero-order chi connectivity index (χ0) is 18.1. The minimum Gasteiger partial charge on any atom is -0.423 e. The third-order valence-corrected chi connectivity index (χ3v) is 4.32. The molecule has 130 valence electrons. The van der Waals surface area contributed by atoms with Crippen molar-refractivity contribution in [3.63, 3.8) is 0 Å². The number of aryl methyl sites for hydroxylation is 3. The van der Waals surface area contributed by atoms with Gasteiger partial charge in [-0.15, -0.1) is 0 Å². The molecule has 0 saturated carbocycles. The van der Waals surface area contributed by atoms with Gasteiger partial charge in [-0.25, -0.2) is 4.79 Å². The topological polar surface area (TPSA) is 58.6 Å². The average molecular weight is 359 g/mol. The second-order valence-electron chi connectivity index (χ2n) is 6.26. The van der Waals surface area contributed by atoms with Crippen molar-refractivity contribution in [2.75, 3.05) is 23.3 Å². The number of rotatable bonds is 3. The van der Waals surface area contributed by atoms with Crippen molar-refractivity contribution in [2.24, 2.45) is 0 Å². The number of amides is 1. The Kier molecular flexibility index (Phi) is 4.68. The monoisotopic (exact) mass is 358 g/mol. The second-order valence-corrected chi connectivity index (χ2v) is 6.70. The van der Waals surface area contributed by atoms with Crippen LogP contribution in [0.15, 0.2) is 30.3 Å². The molecule has 0 aliphatic carbocycles. The van der Waals surface area contributed by atoms with E-state index in [1.807, 2.05) is 32.9 Å². The van der Waals surface area contributed by atoms with Crippen molar-refractivity contribution < 1.29 is 14.3 Å². The molecule has 3 rings (SSSR count). The molecule has 0 atom stereocenters. The van der Waals surface area contributed by atoms with Crippen LogP contribution in [-0.4, -0.2) is 25.0 Å². The van der Waals surface area contributed by atoms with Crippen LogP contribution in [0.2, 0.25) is 5.02 Å². The highest BCUT2D eigenvalue weighted by Crippen LogP contribution is 2.34. The van der Waals surface area contributed by atoms with E-state index in [0.29, 0.717) is 16.5 Å². The van der Waals surface area contributed by atoms with E-state index in [9.17, 15) is 9.59 Å². The molecule has 0 spiro atoms. The number of nitrogens with one attached hydrogen (secondary N) is 1. The van der Waals surface area contributed by atoms with Crippen molar-refractivity contribution in [3.05, 3.63) is 52.0 Å². The van der Waals surface area contributed by atoms with Crippen LogP contribution >= 0.6 is 11.6 Å². The van der Waals surface area contributed by atoms with Crippen LogP contribution in [0.1, 0.15) is 16.7 Å². The number of nitrogens with zero attached hydrogens (tertiary/aromatic N) is 1. The SMILES string of the molecule is Cc1cc(C)c(NC(=O)CN2CC(=O)Oc3ccc(Cl)cc32)c(C)c1. The number of hydrogen-bond acceptors (Lipinski definition) is 4. The van der Waals surface area contributed by atoms with Crippen molar-refractivity contribution in [1.29, 1.82) is 0 Å². The summed E-state index contributed by atoms with van der Waals surface area (Å²) >= 11 is 6.03. The molecule has 0 unspecified atom stereocenters. The summed E-state index contributed by atoms with van der Waals surface area (Å²) in [6.07, 6.45) is 0. The Balaban J connectivity index is 1.80. The summed E-state index contributed by atoms with van der Waals surface area (Å²) in [5, 5.41) is 3.47. The highest BCUT2D eigenvalue weighted by molar-refractivity contribution is 6.31. The van der Waals surface area contributed by atoms with Gasteiger partial charge < -0.3 is 15.0 Å². The molecule has 0 fully saturated rings. The summed E-state index contributed by atoms with van der Waals surface area (Å²) in [7, 11) is 0. The number of hydrogen-bond donors (Lipinski definition) is 1. The predicted octanol–water partition coefficient (Wildman–Crippen LogP) is 3.63.